The van der Waals surface area contributed by atoms with Gasteiger partial charge in [0, 0.05) is 24.2 Å². The molecule has 2 aromatic carbocycles. The van der Waals surface area contributed by atoms with Crippen molar-refractivity contribution in [3.63, 3.8) is 0 Å². The number of rotatable bonds is 4. The summed E-state index contributed by atoms with van der Waals surface area (Å²) < 4.78 is 5.34. The van der Waals surface area contributed by atoms with E-state index in [9.17, 15) is 9.59 Å². The van der Waals surface area contributed by atoms with Gasteiger partial charge in [-0.15, -0.1) is 0 Å². The van der Waals surface area contributed by atoms with Gasteiger partial charge < -0.3 is 15.0 Å². The molecule has 25 heavy (non-hydrogen) atoms. The van der Waals surface area contributed by atoms with Crippen LogP contribution in [-0.4, -0.2) is 25.5 Å². The number of carbonyl (C=O) groups excluding carboxylic acids is 2. The minimum atomic E-state index is -0.284. The van der Waals surface area contributed by atoms with Crippen molar-refractivity contribution in [2.45, 2.75) is 12.8 Å². The van der Waals surface area contributed by atoms with Gasteiger partial charge in [-0.2, -0.15) is 5.26 Å². The molecule has 2 aromatic rings. The zero-order valence-corrected chi connectivity index (χ0v) is 13.8. The maximum atomic E-state index is 12.4. The Bertz CT molecular complexity index is 853. The number of benzene rings is 2. The lowest BCUT2D eigenvalue weighted by molar-refractivity contribution is -0.117. The summed E-state index contributed by atoms with van der Waals surface area (Å²) in [5.41, 5.74) is 2.18. The van der Waals surface area contributed by atoms with E-state index in [1.165, 1.54) is 0 Å². The highest BCUT2D eigenvalue weighted by atomic mass is 16.5. The number of anilines is 2. The smallest absolute Gasteiger partial charge is 0.255 e. The van der Waals surface area contributed by atoms with Crippen LogP contribution in [0.5, 0.6) is 5.75 Å². The third-order valence-corrected chi connectivity index (χ3v) is 4.08. The normalized spacial score (nSPS) is 13.4. The van der Waals surface area contributed by atoms with Crippen molar-refractivity contribution in [2.75, 3.05) is 23.9 Å². The lowest BCUT2D eigenvalue weighted by Gasteiger charge is -2.20. The van der Waals surface area contributed by atoms with Crippen LogP contribution < -0.4 is 15.0 Å². The average molecular weight is 335 g/mol. The predicted molar refractivity (Wildman–Crippen MR) is 93.7 cm³/mol. The molecule has 0 atom stereocenters. The molecule has 0 saturated carbocycles. The highest BCUT2D eigenvalue weighted by Gasteiger charge is 2.24. The Morgan fingerprint density at radius 2 is 2.00 bits per heavy atom. The molecule has 1 aliphatic heterocycles. The summed E-state index contributed by atoms with van der Waals surface area (Å²) in [6, 6.07) is 13.6. The molecule has 1 saturated heterocycles. The molecule has 126 valence electrons. The summed E-state index contributed by atoms with van der Waals surface area (Å²) in [5.74, 6) is 0.355. The van der Waals surface area contributed by atoms with Crippen LogP contribution in [0, 0.1) is 11.3 Å². The van der Waals surface area contributed by atoms with E-state index in [4.69, 9.17) is 10.00 Å². The summed E-state index contributed by atoms with van der Waals surface area (Å²) in [6.45, 7) is 0.641. The van der Waals surface area contributed by atoms with E-state index in [1.54, 1.807) is 54.5 Å². The van der Waals surface area contributed by atoms with E-state index in [0.29, 0.717) is 41.2 Å². The molecule has 0 unspecified atom stereocenters. The number of amides is 2. The van der Waals surface area contributed by atoms with Gasteiger partial charge in [-0.3, -0.25) is 9.59 Å². The van der Waals surface area contributed by atoms with Gasteiger partial charge in [0.25, 0.3) is 5.91 Å². The Morgan fingerprint density at radius 3 is 2.60 bits per heavy atom. The Labute approximate surface area is 145 Å². The SMILES string of the molecule is COc1ccc(NC(=O)c2ccc(C#N)cc2)cc1N1CCCC1=O. The van der Waals surface area contributed by atoms with Gasteiger partial charge in [0.15, 0.2) is 0 Å². The third-order valence-electron chi connectivity index (χ3n) is 4.08. The second kappa shape index (κ2) is 7.05. The van der Waals surface area contributed by atoms with Crippen molar-refractivity contribution in [1.82, 2.24) is 0 Å². The Hall–Kier alpha value is -3.33. The largest absolute Gasteiger partial charge is 0.495 e. The Morgan fingerprint density at radius 1 is 1.24 bits per heavy atom. The molecular formula is C19H17N3O3. The van der Waals surface area contributed by atoms with E-state index >= 15 is 0 Å². The highest BCUT2D eigenvalue weighted by Crippen LogP contribution is 2.34. The van der Waals surface area contributed by atoms with Crippen molar-refractivity contribution in [3.05, 3.63) is 53.6 Å². The number of hydrogen-bond acceptors (Lipinski definition) is 4. The van der Waals surface area contributed by atoms with Crippen LogP contribution in [0.15, 0.2) is 42.5 Å². The minimum Gasteiger partial charge on any atom is -0.495 e. The molecule has 0 radical (unpaired) electrons. The van der Waals surface area contributed by atoms with E-state index in [-0.39, 0.29) is 11.8 Å². The van der Waals surface area contributed by atoms with Gasteiger partial charge in [0.05, 0.1) is 24.4 Å². The van der Waals surface area contributed by atoms with Gasteiger partial charge >= 0.3 is 0 Å². The van der Waals surface area contributed by atoms with Crippen LogP contribution in [0.1, 0.15) is 28.8 Å². The summed E-state index contributed by atoms with van der Waals surface area (Å²) >= 11 is 0. The number of ether oxygens (including phenoxy) is 1. The number of nitrogens with one attached hydrogen (secondary N) is 1. The number of nitriles is 1. The van der Waals surface area contributed by atoms with Crippen LogP contribution in [-0.2, 0) is 4.79 Å². The lowest BCUT2D eigenvalue weighted by atomic mass is 10.1. The van der Waals surface area contributed by atoms with Gasteiger partial charge in [0.2, 0.25) is 5.91 Å². The summed E-state index contributed by atoms with van der Waals surface area (Å²) in [4.78, 5) is 26.1. The molecular weight excluding hydrogens is 318 g/mol. The molecule has 3 rings (SSSR count). The van der Waals surface area contributed by atoms with E-state index in [2.05, 4.69) is 5.32 Å². The molecule has 6 nitrogen and oxygen atoms in total. The molecule has 6 heteroatoms. The number of nitrogens with zero attached hydrogens (tertiary/aromatic N) is 2. The number of methoxy groups -OCH3 is 1. The van der Waals surface area contributed by atoms with E-state index in [0.717, 1.165) is 6.42 Å². The van der Waals surface area contributed by atoms with Crippen LogP contribution >= 0.6 is 0 Å². The van der Waals surface area contributed by atoms with Gasteiger partial charge in [0.1, 0.15) is 5.75 Å². The topological polar surface area (TPSA) is 82.4 Å². The van der Waals surface area contributed by atoms with Gasteiger partial charge in [-0.05, 0) is 48.9 Å². The molecule has 1 aliphatic rings. The predicted octanol–water partition coefficient (Wildman–Crippen LogP) is 2.95. The second-order valence-corrected chi connectivity index (χ2v) is 5.68. The Kier molecular flexibility index (Phi) is 4.66. The van der Waals surface area contributed by atoms with Crippen LogP contribution in [0.2, 0.25) is 0 Å². The van der Waals surface area contributed by atoms with E-state index < -0.39 is 0 Å². The summed E-state index contributed by atoms with van der Waals surface area (Å²) in [5, 5.41) is 11.6. The molecule has 0 bridgehead atoms. The van der Waals surface area contributed by atoms with Crippen molar-refractivity contribution in [2.24, 2.45) is 0 Å². The lowest BCUT2D eigenvalue weighted by Crippen LogP contribution is -2.24. The maximum absolute atomic E-state index is 12.4. The first kappa shape index (κ1) is 16.5. The standard InChI is InChI=1S/C19H17N3O3/c1-25-17-9-8-15(11-16(17)22-10-2-3-18(22)23)21-19(24)14-6-4-13(12-20)5-7-14/h4-9,11H,2-3,10H2,1H3,(H,21,24). The van der Waals surface area contributed by atoms with Crippen molar-refractivity contribution in [1.29, 1.82) is 5.26 Å². The molecule has 2 amide bonds. The highest BCUT2D eigenvalue weighted by molar-refractivity contribution is 6.05. The fourth-order valence-corrected chi connectivity index (χ4v) is 2.78. The van der Waals surface area contributed by atoms with Crippen molar-refractivity contribution < 1.29 is 14.3 Å². The Balaban J connectivity index is 1.83. The first-order valence-electron chi connectivity index (χ1n) is 7.92. The summed E-state index contributed by atoms with van der Waals surface area (Å²) in [7, 11) is 1.55. The summed E-state index contributed by atoms with van der Waals surface area (Å²) in [6.07, 6.45) is 1.33. The number of carbonyl (C=O) groups is 2. The molecule has 0 aliphatic carbocycles. The van der Waals surface area contributed by atoms with Crippen LogP contribution in [0.25, 0.3) is 0 Å². The van der Waals surface area contributed by atoms with Gasteiger partial charge in [-0.25, -0.2) is 0 Å². The zero-order chi connectivity index (χ0) is 17.8. The second-order valence-electron chi connectivity index (χ2n) is 5.68. The first-order valence-corrected chi connectivity index (χ1v) is 7.92. The third kappa shape index (κ3) is 3.45. The zero-order valence-electron chi connectivity index (χ0n) is 13.8. The van der Waals surface area contributed by atoms with Crippen molar-refractivity contribution in [3.8, 4) is 11.8 Å². The van der Waals surface area contributed by atoms with Crippen molar-refractivity contribution >= 4 is 23.2 Å². The molecule has 1 fully saturated rings. The fourth-order valence-electron chi connectivity index (χ4n) is 2.78. The van der Waals surface area contributed by atoms with E-state index in [1.807, 2.05) is 6.07 Å². The molecule has 1 N–H and O–H groups in total. The van der Waals surface area contributed by atoms with Gasteiger partial charge in [-0.1, -0.05) is 0 Å². The van der Waals surface area contributed by atoms with Crippen LogP contribution in [0.3, 0.4) is 0 Å². The average Bonchev–Trinajstić information content (AvgIpc) is 3.07. The fraction of sp³-hybridized carbons (Fsp3) is 0.211. The number of hydrogen-bond donors (Lipinski definition) is 1. The molecule has 0 aromatic heterocycles. The molecule has 0 spiro atoms. The van der Waals surface area contributed by atoms with Crippen LogP contribution in [0.4, 0.5) is 11.4 Å². The quantitative estimate of drug-likeness (QED) is 0.931. The molecule has 1 heterocycles. The monoisotopic (exact) mass is 335 g/mol. The maximum Gasteiger partial charge on any atom is 0.255 e. The first-order chi connectivity index (χ1) is 12.1. The minimum absolute atomic E-state index is 0.0499.